The molecular weight excluding hydrogens is 236 g/mol. The average molecular weight is 254 g/mol. The zero-order valence-corrected chi connectivity index (χ0v) is 10.9. The normalized spacial score (nSPS) is 10.4. The molecule has 1 aromatic rings. The van der Waals surface area contributed by atoms with Crippen molar-refractivity contribution in [2.75, 3.05) is 33.9 Å². The summed E-state index contributed by atoms with van der Waals surface area (Å²) in [7, 11) is 3.90. The van der Waals surface area contributed by atoms with Crippen molar-refractivity contribution in [3.05, 3.63) is 28.3 Å². The molecule has 18 heavy (non-hydrogen) atoms. The van der Waals surface area contributed by atoms with Gasteiger partial charge in [-0.05, 0) is 27.1 Å². The number of ether oxygens (including phenoxy) is 2. The predicted molar refractivity (Wildman–Crippen MR) is 68.3 cm³/mol. The Morgan fingerprint density at radius 1 is 1.33 bits per heavy atom. The number of likely N-dealkylation sites (N-methyl/N-ethyl adjacent to an activating group) is 1. The molecule has 0 N–H and O–H groups in total. The van der Waals surface area contributed by atoms with Crippen molar-refractivity contribution in [2.45, 2.75) is 6.92 Å². The van der Waals surface area contributed by atoms with E-state index in [1.54, 1.807) is 19.1 Å². The van der Waals surface area contributed by atoms with Crippen molar-refractivity contribution >= 4 is 5.69 Å². The molecular formula is C12H18N2O4. The van der Waals surface area contributed by atoms with Crippen LogP contribution in [0.25, 0.3) is 0 Å². The van der Waals surface area contributed by atoms with Gasteiger partial charge in [0.15, 0.2) is 0 Å². The molecule has 0 aliphatic heterocycles. The SMILES string of the molecule is CCOc1cc(OCCN(C)C)ccc1[N+](=O)[O-]. The van der Waals surface area contributed by atoms with Gasteiger partial charge in [0.2, 0.25) is 5.75 Å². The van der Waals surface area contributed by atoms with E-state index in [1.165, 1.54) is 6.07 Å². The van der Waals surface area contributed by atoms with Gasteiger partial charge in [-0.3, -0.25) is 10.1 Å². The number of hydrogen-bond donors (Lipinski definition) is 0. The Labute approximate surface area is 106 Å². The molecule has 0 heterocycles. The van der Waals surface area contributed by atoms with E-state index in [4.69, 9.17) is 9.47 Å². The molecule has 1 rings (SSSR count). The molecule has 6 heteroatoms. The second kappa shape index (κ2) is 6.80. The molecule has 0 bridgehead atoms. The van der Waals surface area contributed by atoms with Crippen LogP contribution in [0.3, 0.4) is 0 Å². The second-order valence-electron chi connectivity index (χ2n) is 3.97. The van der Waals surface area contributed by atoms with E-state index >= 15 is 0 Å². The van der Waals surface area contributed by atoms with Crippen molar-refractivity contribution in [2.24, 2.45) is 0 Å². The Kier molecular flexibility index (Phi) is 5.38. The summed E-state index contributed by atoms with van der Waals surface area (Å²) in [4.78, 5) is 12.3. The molecule has 0 aromatic heterocycles. The lowest BCUT2D eigenvalue weighted by Crippen LogP contribution is -2.19. The molecule has 1 aromatic carbocycles. The molecule has 0 radical (unpaired) electrons. The van der Waals surface area contributed by atoms with E-state index in [0.29, 0.717) is 19.0 Å². The molecule has 0 saturated carbocycles. The van der Waals surface area contributed by atoms with E-state index in [-0.39, 0.29) is 11.4 Å². The molecule has 0 saturated heterocycles. The predicted octanol–water partition coefficient (Wildman–Crippen LogP) is 1.93. The van der Waals surface area contributed by atoms with Gasteiger partial charge in [-0.15, -0.1) is 0 Å². The van der Waals surface area contributed by atoms with Gasteiger partial charge in [0, 0.05) is 18.7 Å². The highest BCUT2D eigenvalue weighted by Crippen LogP contribution is 2.31. The maximum Gasteiger partial charge on any atom is 0.311 e. The summed E-state index contributed by atoms with van der Waals surface area (Å²) in [5.41, 5.74) is -0.0446. The van der Waals surface area contributed by atoms with Crippen LogP contribution >= 0.6 is 0 Å². The van der Waals surface area contributed by atoms with Gasteiger partial charge in [-0.2, -0.15) is 0 Å². The molecule has 0 unspecified atom stereocenters. The molecule has 0 atom stereocenters. The molecule has 100 valence electrons. The smallest absolute Gasteiger partial charge is 0.311 e. The highest BCUT2D eigenvalue weighted by atomic mass is 16.6. The summed E-state index contributed by atoms with van der Waals surface area (Å²) < 4.78 is 10.7. The molecule has 0 aliphatic rings. The number of nitro groups is 1. The Morgan fingerprint density at radius 2 is 2.06 bits per heavy atom. The van der Waals surface area contributed by atoms with Crippen molar-refractivity contribution in [3.8, 4) is 11.5 Å². The number of nitrogens with zero attached hydrogens (tertiary/aromatic N) is 2. The van der Waals surface area contributed by atoms with Crippen molar-refractivity contribution in [1.82, 2.24) is 4.90 Å². The Morgan fingerprint density at radius 3 is 2.61 bits per heavy atom. The van der Waals surface area contributed by atoms with Crippen LogP contribution in [-0.4, -0.2) is 43.7 Å². The van der Waals surface area contributed by atoms with Gasteiger partial charge < -0.3 is 14.4 Å². The third-order valence-electron chi connectivity index (χ3n) is 2.24. The van der Waals surface area contributed by atoms with Crippen LogP contribution in [-0.2, 0) is 0 Å². The van der Waals surface area contributed by atoms with E-state index in [2.05, 4.69) is 0 Å². The first-order valence-electron chi connectivity index (χ1n) is 5.73. The number of hydrogen-bond acceptors (Lipinski definition) is 5. The topological polar surface area (TPSA) is 64.8 Å². The van der Waals surface area contributed by atoms with E-state index in [0.717, 1.165) is 6.54 Å². The Balaban J connectivity index is 2.76. The lowest BCUT2D eigenvalue weighted by atomic mass is 10.3. The molecule has 0 spiro atoms. The fourth-order valence-electron chi connectivity index (χ4n) is 1.35. The summed E-state index contributed by atoms with van der Waals surface area (Å²) >= 11 is 0. The third kappa shape index (κ3) is 4.21. The highest BCUT2D eigenvalue weighted by Gasteiger charge is 2.15. The van der Waals surface area contributed by atoms with Gasteiger partial charge in [0.1, 0.15) is 12.4 Å². The number of rotatable bonds is 7. The maximum atomic E-state index is 10.8. The van der Waals surface area contributed by atoms with Crippen LogP contribution in [0.2, 0.25) is 0 Å². The van der Waals surface area contributed by atoms with E-state index in [1.807, 2.05) is 19.0 Å². The fraction of sp³-hybridized carbons (Fsp3) is 0.500. The molecule has 0 fully saturated rings. The van der Waals surface area contributed by atoms with Crippen LogP contribution in [0.15, 0.2) is 18.2 Å². The van der Waals surface area contributed by atoms with Gasteiger partial charge >= 0.3 is 5.69 Å². The van der Waals surface area contributed by atoms with E-state index < -0.39 is 4.92 Å². The first-order chi connectivity index (χ1) is 8.54. The minimum atomic E-state index is -0.464. The lowest BCUT2D eigenvalue weighted by Gasteiger charge is -2.12. The summed E-state index contributed by atoms with van der Waals surface area (Å²) in [5.74, 6) is 0.816. The average Bonchev–Trinajstić information content (AvgIpc) is 2.29. The maximum absolute atomic E-state index is 10.8. The Hall–Kier alpha value is -1.82. The summed E-state index contributed by atoms with van der Waals surface area (Å²) in [6.07, 6.45) is 0. The zero-order chi connectivity index (χ0) is 13.5. The molecule has 6 nitrogen and oxygen atoms in total. The van der Waals surface area contributed by atoms with Crippen molar-refractivity contribution < 1.29 is 14.4 Å². The third-order valence-corrected chi connectivity index (χ3v) is 2.24. The number of nitro benzene ring substituents is 1. The number of benzene rings is 1. The standard InChI is InChI=1S/C12H18N2O4/c1-4-17-12-9-10(18-8-7-13(2)3)5-6-11(12)14(15)16/h5-6,9H,4,7-8H2,1-3H3. The largest absolute Gasteiger partial charge is 0.492 e. The molecule has 0 amide bonds. The Bertz CT molecular complexity index is 407. The van der Waals surface area contributed by atoms with Gasteiger partial charge in [0.05, 0.1) is 11.5 Å². The van der Waals surface area contributed by atoms with E-state index in [9.17, 15) is 10.1 Å². The fourth-order valence-corrected chi connectivity index (χ4v) is 1.35. The summed E-state index contributed by atoms with van der Waals surface area (Å²) in [5, 5.41) is 10.8. The summed E-state index contributed by atoms with van der Waals surface area (Å²) in [6.45, 7) is 3.46. The molecule has 0 aliphatic carbocycles. The second-order valence-corrected chi connectivity index (χ2v) is 3.97. The lowest BCUT2D eigenvalue weighted by molar-refractivity contribution is -0.385. The van der Waals surface area contributed by atoms with Crippen LogP contribution < -0.4 is 9.47 Å². The highest BCUT2D eigenvalue weighted by molar-refractivity contribution is 5.50. The monoisotopic (exact) mass is 254 g/mol. The van der Waals surface area contributed by atoms with Gasteiger partial charge in [-0.25, -0.2) is 0 Å². The zero-order valence-electron chi connectivity index (χ0n) is 10.9. The quantitative estimate of drug-likeness (QED) is 0.549. The van der Waals surface area contributed by atoms with Crippen LogP contribution in [0.5, 0.6) is 11.5 Å². The summed E-state index contributed by atoms with van der Waals surface area (Å²) in [6, 6.07) is 4.53. The van der Waals surface area contributed by atoms with Crippen molar-refractivity contribution in [3.63, 3.8) is 0 Å². The van der Waals surface area contributed by atoms with Gasteiger partial charge in [-0.1, -0.05) is 0 Å². The van der Waals surface area contributed by atoms with Crippen LogP contribution in [0.4, 0.5) is 5.69 Å². The minimum absolute atomic E-state index is 0.0446. The van der Waals surface area contributed by atoms with Crippen LogP contribution in [0.1, 0.15) is 6.92 Å². The first-order valence-corrected chi connectivity index (χ1v) is 5.73. The van der Waals surface area contributed by atoms with Crippen LogP contribution in [0, 0.1) is 10.1 Å². The first kappa shape index (κ1) is 14.2. The minimum Gasteiger partial charge on any atom is -0.492 e. The van der Waals surface area contributed by atoms with Crippen molar-refractivity contribution in [1.29, 1.82) is 0 Å². The van der Waals surface area contributed by atoms with Gasteiger partial charge in [0.25, 0.3) is 0 Å².